The topological polar surface area (TPSA) is 46.0 Å². The highest BCUT2D eigenvalue weighted by molar-refractivity contribution is 7.17. The molecule has 0 bridgehead atoms. The van der Waals surface area contributed by atoms with Crippen LogP contribution in [-0.2, 0) is 6.54 Å². The molecule has 24 heavy (non-hydrogen) atoms. The van der Waals surface area contributed by atoms with Crippen molar-refractivity contribution in [2.45, 2.75) is 64.0 Å². The van der Waals surface area contributed by atoms with Crippen molar-refractivity contribution in [3.05, 3.63) is 24.0 Å². The van der Waals surface area contributed by atoms with Gasteiger partial charge in [0.05, 0.1) is 0 Å². The summed E-state index contributed by atoms with van der Waals surface area (Å²) in [6.45, 7) is 3.16. The Morgan fingerprint density at radius 2 is 1.75 bits per heavy atom. The minimum Gasteiger partial charge on any atom is -0.347 e. The minimum absolute atomic E-state index is 0.681. The Bertz CT molecular complexity index is 637. The van der Waals surface area contributed by atoms with Gasteiger partial charge >= 0.3 is 0 Å². The molecule has 5 nitrogen and oxygen atoms in total. The van der Waals surface area contributed by atoms with Gasteiger partial charge in [-0.3, -0.25) is 4.57 Å². The molecule has 0 aromatic carbocycles. The number of nitrogens with zero attached hydrogens (tertiary/aromatic N) is 4. The number of aromatic nitrogens is 3. The summed E-state index contributed by atoms with van der Waals surface area (Å²) < 4.78 is 2.20. The van der Waals surface area contributed by atoms with Gasteiger partial charge in [0.1, 0.15) is 0 Å². The van der Waals surface area contributed by atoms with E-state index in [-0.39, 0.29) is 0 Å². The van der Waals surface area contributed by atoms with Gasteiger partial charge in [-0.15, -0.1) is 10.2 Å². The van der Waals surface area contributed by atoms with Crippen molar-refractivity contribution in [2.75, 3.05) is 18.0 Å². The maximum atomic E-state index is 4.45. The molecule has 2 aliphatic rings. The van der Waals surface area contributed by atoms with E-state index >= 15 is 0 Å². The van der Waals surface area contributed by atoms with Crippen molar-refractivity contribution in [3.63, 3.8) is 0 Å². The zero-order chi connectivity index (χ0) is 16.2. The van der Waals surface area contributed by atoms with Gasteiger partial charge in [-0.1, -0.05) is 30.6 Å². The van der Waals surface area contributed by atoms with E-state index in [9.17, 15) is 0 Å². The fourth-order valence-corrected chi connectivity index (χ4v) is 4.74. The first-order valence-corrected chi connectivity index (χ1v) is 10.2. The second-order valence-electron chi connectivity index (χ2n) is 7.00. The highest BCUT2D eigenvalue weighted by Crippen LogP contribution is 2.27. The van der Waals surface area contributed by atoms with Gasteiger partial charge < -0.3 is 10.2 Å². The quantitative estimate of drug-likeness (QED) is 0.897. The van der Waals surface area contributed by atoms with E-state index in [0.29, 0.717) is 6.04 Å². The average Bonchev–Trinajstić information content (AvgIpc) is 3.31. The van der Waals surface area contributed by atoms with Crippen LogP contribution in [0.1, 0.15) is 57.1 Å². The fourth-order valence-electron chi connectivity index (χ4n) is 3.82. The van der Waals surface area contributed by atoms with Crippen molar-refractivity contribution in [1.29, 1.82) is 0 Å². The first-order chi connectivity index (χ1) is 11.9. The Kier molecular flexibility index (Phi) is 5.13. The van der Waals surface area contributed by atoms with E-state index < -0.39 is 0 Å². The Morgan fingerprint density at radius 1 is 1.00 bits per heavy atom. The summed E-state index contributed by atoms with van der Waals surface area (Å²) in [6, 6.07) is 4.98. The molecule has 0 atom stereocenters. The number of hydrogen-bond acceptors (Lipinski definition) is 5. The summed E-state index contributed by atoms with van der Waals surface area (Å²) in [5.74, 6) is 0. The van der Waals surface area contributed by atoms with Crippen LogP contribution in [-0.4, -0.2) is 33.9 Å². The molecule has 1 saturated heterocycles. The van der Waals surface area contributed by atoms with Gasteiger partial charge in [0, 0.05) is 37.6 Å². The summed E-state index contributed by atoms with van der Waals surface area (Å²) in [5.41, 5.74) is 1.28. The van der Waals surface area contributed by atoms with E-state index in [1.807, 2.05) is 0 Å². The van der Waals surface area contributed by atoms with Crippen molar-refractivity contribution >= 4 is 16.5 Å². The molecule has 0 radical (unpaired) electrons. The number of hydrogen-bond donors (Lipinski definition) is 1. The van der Waals surface area contributed by atoms with Crippen LogP contribution in [0.4, 0.5) is 5.13 Å². The fraction of sp³-hybridized carbons (Fsp3) is 0.667. The third kappa shape index (κ3) is 3.64. The van der Waals surface area contributed by atoms with Crippen molar-refractivity contribution in [3.8, 4) is 5.13 Å². The third-order valence-corrected chi connectivity index (χ3v) is 6.23. The molecule has 0 spiro atoms. The van der Waals surface area contributed by atoms with Gasteiger partial charge in [0.25, 0.3) is 0 Å². The monoisotopic (exact) mass is 345 g/mol. The highest BCUT2D eigenvalue weighted by atomic mass is 32.1. The number of anilines is 1. The summed E-state index contributed by atoms with van der Waals surface area (Å²) in [4.78, 5) is 2.38. The van der Waals surface area contributed by atoms with Gasteiger partial charge in [0.2, 0.25) is 10.3 Å². The van der Waals surface area contributed by atoms with E-state index in [2.05, 4.69) is 43.3 Å². The second-order valence-corrected chi connectivity index (χ2v) is 7.93. The van der Waals surface area contributed by atoms with Crippen molar-refractivity contribution in [1.82, 2.24) is 20.1 Å². The smallest absolute Gasteiger partial charge is 0.218 e. The molecule has 1 aliphatic heterocycles. The maximum Gasteiger partial charge on any atom is 0.218 e. The van der Waals surface area contributed by atoms with Gasteiger partial charge in [-0.05, 0) is 44.2 Å². The van der Waals surface area contributed by atoms with Gasteiger partial charge in [-0.25, -0.2) is 0 Å². The van der Waals surface area contributed by atoms with Crippen LogP contribution in [0.15, 0.2) is 18.3 Å². The minimum atomic E-state index is 0.681. The lowest BCUT2D eigenvalue weighted by Crippen LogP contribution is -2.31. The molecule has 130 valence electrons. The lowest BCUT2D eigenvalue weighted by atomic mass is 9.95. The Hall–Kier alpha value is -1.40. The van der Waals surface area contributed by atoms with Crippen LogP contribution in [0.2, 0.25) is 0 Å². The molecule has 2 fully saturated rings. The lowest BCUT2D eigenvalue weighted by Gasteiger charge is -2.25. The predicted molar refractivity (Wildman–Crippen MR) is 99.0 cm³/mol. The standard InChI is InChI=1S/C18H27N5S/c1-3-8-15(9-4-1)19-14-16-10-7-13-23(16)18-21-20-17(24-18)22-11-5-2-6-12-22/h7,10,13,15,19H,1-6,8-9,11-12,14H2. The van der Waals surface area contributed by atoms with Crippen LogP contribution in [0.5, 0.6) is 0 Å². The van der Waals surface area contributed by atoms with Crippen LogP contribution < -0.4 is 10.2 Å². The van der Waals surface area contributed by atoms with Crippen LogP contribution >= 0.6 is 11.3 Å². The van der Waals surface area contributed by atoms with Crippen molar-refractivity contribution < 1.29 is 0 Å². The summed E-state index contributed by atoms with van der Waals surface area (Å²) in [5, 5.41) is 14.7. The Labute approximate surface area is 148 Å². The van der Waals surface area contributed by atoms with Crippen LogP contribution in [0, 0.1) is 0 Å². The van der Waals surface area contributed by atoms with E-state index in [0.717, 1.165) is 29.9 Å². The van der Waals surface area contributed by atoms with Gasteiger partial charge in [0.15, 0.2) is 0 Å². The first-order valence-electron chi connectivity index (χ1n) is 9.38. The van der Waals surface area contributed by atoms with E-state index in [1.165, 1.54) is 57.1 Å². The van der Waals surface area contributed by atoms with E-state index in [4.69, 9.17) is 0 Å². The average molecular weight is 346 g/mol. The SMILES string of the molecule is c1cc(CNC2CCCCC2)n(-c2nnc(N3CCCCC3)s2)c1. The highest BCUT2D eigenvalue weighted by Gasteiger charge is 2.18. The Morgan fingerprint density at radius 3 is 2.58 bits per heavy atom. The Balaban J connectivity index is 1.43. The van der Waals surface area contributed by atoms with Gasteiger partial charge in [-0.2, -0.15) is 0 Å². The molecule has 4 rings (SSSR count). The van der Waals surface area contributed by atoms with Crippen LogP contribution in [0.25, 0.3) is 5.13 Å². The number of rotatable bonds is 5. The largest absolute Gasteiger partial charge is 0.347 e. The first kappa shape index (κ1) is 16.1. The summed E-state index contributed by atoms with van der Waals surface area (Å²) in [7, 11) is 0. The lowest BCUT2D eigenvalue weighted by molar-refractivity contribution is 0.370. The predicted octanol–water partition coefficient (Wildman–Crippen LogP) is 3.74. The second kappa shape index (κ2) is 7.66. The van der Waals surface area contributed by atoms with Crippen LogP contribution in [0.3, 0.4) is 0 Å². The third-order valence-electron chi connectivity index (χ3n) is 5.25. The maximum absolute atomic E-state index is 4.45. The molecule has 2 aromatic rings. The van der Waals surface area contributed by atoms with Crippen molar-refractivity contribution in [2.24, 2.45) is 0 Å². The molecule has 3 heterocycles. The van der Waals surface area contributed by atoms with E-state index in [1.54, 1.807) is 11.3 Å². The summed E-state index contributed by atoms with van der Waals surface area (Å²) in [6.07, 6.45) is 12.8. The number of piperidine rings is 1. The molecule has 1 N–H and O–H groups in total. The molecule has 1 saturated carbocycles. The zero-order valence-corrected chi connectivity index (χ0v) is 15.1. The molecule has 6 heteroatoms. The summed E-state index contributed by atoms with van der Waals surface area (Å²) >= 11 is 1.71. The molecule has 0 unspecified atom stereocenters. The number of nitrogens with one attached hydrogen (secondary N) is 1. The molecular formula is C18H27N5S. The molecule has 0 amide bonds. The zero-order valence-electron chi connectivity index (χ0n) is 14.3. The normalized spacial score (nSPS) is 19.8. The molecular weight excluding hydrogens is 318 g/mol. The molecule has 1 aliphatic carbocycles. The molecule has 2 aromatic heterocycles.